The summed E-state index contributed by atoms with van der Waals surface area (Å²) in [6, 6.07) is -11.9. The van der Waals surface area contributed by atoms with Crippen molar-refractivity contribution in [1.82, 2.24) is 47.2 Å². The minimum absolute atomic E-state index is 0.0267. The number of aliphatic imine (C=N–C) groups is 2. The number of carbonyl (C=O) groups excluding carboxylic acids is 9. The number of H-pyrrole nitrogens is 1. The van der Waals surface area contributed by atoms with Crippen molar-refractivity contribution < 1.29 is 58.2 Å². The van der Waals surface area contributed by atoms with Crippen LogP contribution in [0.4, 0.5) is 0 Å². The maximum Gasteiger partial charge on any atom is 0.326 e. The molecule has 1 rings (SSSR count). The smallest absolute Gasteiger partial charge is 0.326 e. The predicted octanol–water partition coefficient (Wildman–Crippen LogP) is -8.46. The fraction of sp³-hybridized carbons (Fsp3) is 0.625. The summed E-state index contributed by atoms with van der Waals surface area (Å²) in [4.78, 5) is 144. The van der Waals surface area contributed by atoms with E-state index in [0.717, 1.165) is 6.92 Å². The Bertz CT molecular complexity index is 2010. The van der Waals surface area contributed by atoms with Gasteiger partial charge in [-0.25, -0.2) is 9.78 Å². The fourth-order valence-electron chi connectivity index (χ4n) is 6.38. The number of amides is 9. The number of carboxylic acid groups (broad SMARTS) is 1. The van der Waals surface area contributed by atoms with E-state index < -0.39 is 120 Å². The van der Waals surface area contributed by atoms with Crippen LogP contribution < -0.4 is 83.1 Å². The first-order valence-electron chi connectivity index (χ1n) is 22.5. The number of nitrogens with one attached hydrogen (secondary N) is 8. The third kappa shape index (κ3) is 25.0. The first kappa shape index (κ1) is 61.3. The number of primary amides is 2. The molecule has 0 radical (unpaired) electrons. The Morgan fingerprint density at radius 2 is 1.08 bits per heavy atom. The molecule has 1 heterocycles. The van der Waals surface area contributed by atoms with E-state index in [0.29, 0.717) is 12.1 Å². The lowest BCUT2D eigenvalue weighted by atomic mass is 10.0. The van der Waals surface area contributed by atoms with E-state index in [9.17, 15) is 58.2 Å². The molecule has 0 unspecified atom stereocenters. The van der Waals surface area contributed by atoms with Crippen LogP contribution in [0.3, 0.4) is 0 Å². The number of hydrogen-bond acceptors (Lipinski definition) is 16. The zero-order valence-corrected chi connectivity index (χ0v) is 39.7. The average molecular weight is 1010 g/mol. The Morgan fingerprint density at radius 3 is 1.52 bits per heavy atom. The lowest BCUT2D eigenvalue weighted by Gasteiger charge is -2.28. The lowest BCUT2D eigenvalue weighted by molar-refractivity contribution is -0.142. The van der Waals surface area contributed by atoms with Gasteiger partial charge in [0.1, 0.15) is 42.3 Å². The molecule has 0 aliphatic carbocycles. The van der Waals surface area contributed by atoms with Crippen LogP contribution in [0.5, 0.6) is 0 Å². The van der Waals surface area contributed by atoms with Gasteiger partial charge in [-0.05, 0) is 71.8 Å². The number of imidazole rings is 1. The largest absolute Gasteiger partial charge is 0.480 e. The third-order valence-corrected chi connectivity index (χ3v) is 10.2. The third-order valence-electron chi connectivity index (χ3n) is 10.2. The van der Waals surface area contributed by atoms with Gasteiger partial charge in [-0.2, -0.15) is 0 Å². The van der Waals surface area contributed by atoms with Crippen LogP contribution in [-0.2, 0) is 54.4 Å². The van der Waals surface area contributed by atoms with E-state index in [1.807, 2.05) is 0 Å². The number of aliphatic carboxylic acids is 1. The van der Waals surface area contributed by atoms with E-state index >= 15 is 0 Å². The topological polar surface area (TPSA) is 557 Å². The number of aliphatic hydroxyl groups excluding tert-OH is 1. The second-order valence-corrected chi connectivity index (χ2v) is 16.3. The molecule has 71 heavy (non-hydrogen) atoms. The second-order valence-electron chi connectivity index (χ2n) is 16.3. The summed E-state index contributed by atoms with van der Waals surface area (Å²) < 4.78 is 0. The Kier molecular flexibility index (Phi) is 27.8. The number of nitrogens with two attached hydrogens (primary N) is 8. The molecule has 1 aromatic heterocycles. The van der Waals surface area contributed by atoms with Crippen LogP contribution in [0, 0.1) is 0 Å². The standard InChI is InChI=1S/C40H71N19O12/c1-19(53-36(68)26(16-29(44)62)57-32(64)22(42)10-11-28(43)61)31(63)59-30(20(2)60)37(69)56-25(9-6-14-51-40(47)48)34(66)54-23(7-3-4-12-41)33(65)55-24(8-5-13-50-39(45)46)35(67)58-27(38(70)71)15-21-17-49-18-52-21/h17-20,22-27,30,60H,3-16,41-42H2,1-2H3,(H2,43,61)(H2,44,62)(H,49,52)(H,53,68)(H,54,66)(H,55,65)(H,56,69)(H,57,64)(H,58,67)(H,59,63)(H,70,71)(H4,45,46,50)(H4,47,48,51)/t19-,20+,22-,23-,24-,25-,26-,27-,30-/m0/s1. The molecule has 31 heteroatoms. The molecule has 0 saturated heterocycles. The van der Waals surface area contributed by atoms with Gasteiger partial charge in [-0.15, -0.1) is 0 Å². The van der Waals surface area contributed by atoms with Gasteiger partial charge >= 0.3 is 5.97 Å². The molecule has 9 atom stereocenters. The first-order valence-corrected chi connectivity index (χ1v) is 22.5. The van der Waals surface area contributed by atoms with E-state index in [-0.39, 0.29) is 89.3 Å². The number of guanidine groups is 2. The molecule has 9 amide bonds. The van der Waals surface area contributed by atoms with Gasteiger partial charge in [-0.3, -0.25) is 53.1 Å². The summed E-state index contributed by atoms with van der Waals surface area (Å²) in [5, 5.41) is 37.3. The molecule has 0 aromatic carbocycles. The van der Waals surface area contributed by atoms with Crippen molar-refractivity contribution in [1.29, 1.82) is 0 Å². The zero-order chi connectivity index (χ0) is 53.8. The summed E-state index contributed by atoms with van der Waals surface area (Å²) in [7, 11) is 0. The number of aromatic nitrogens is 2. The molecule has 26 N–H and O–H groups in total. The quantitative estimate of drug-likeness (QED) is 0.0171. The van der Waals surface area contributed by atoms with Crippen molar-refractivity contribution in [3.05, 3.63) is 18.2 Å². The molecule has 398 valence electrons. The molecule has 0 bridgehead atoms. The van der Waals surface area contributed by atoms with Crippen LogP contribution in [-0.4, -0.2) is 165 Å². The fourth-order valence-corrected chi connectivity index (χ4v) is 6.38. The van der Waals surface area contributed by atoms with Crippen molar-refractivity contribution in [2.45, 2.75) is 139 Å². The lowest BCUT2D eigenvalue weighted by Crippen LogP contribution is -2.61. The van der Waals surface area contributed by atoms with Crippen molar-refractivity contribution in [3.63, 3.8) is 0 Å². The highest BCUT2D eigenvalue weighted by Gasteiger charge is 2.35. The highest BCUT2D eigenvalue weighted by molar-refractivity contribution is 5.98. The van der Waals surface area contributed by atoms with Crippen molar-refractivity contribution in [2.24, 2.45) is 55.9 Å². The number of aliphatic hydroxyl groups is 1. The minimum atomic E-state index is -1.79. The summed E-state index contributed by atoms with van der Waals surface area (Å²) in [6.07, 6.45) is 0.286. The molecule has 0 aliphatic heterocycles. The highest BCUT2D eigenvalue weighted by Crippen LogP contribution is 2.09. The Labute approximate surface area is 408 Å². The average Bonchev–Trinajstić information content (AvgIpc) is 3.80. The van der Waals surface area contributed by atoms with Crippen molar-refractivity contribution in [2.75, 3.05) is 19.6 Å². The number of carbonyl (C=O) groups is 10. The number of nitrogens with zero attached hydrogens (tertiary/aromatic N) is 3. The van der Waals surface area contributed by atoms with E-state index in [1.54, 1.807) is 0 Å². The highest BCUT2D eigenvalue weighted by atomic mass is 16.4. The first-order chi connectivity index (χ1) is 33.4. The Hall–Kier alpha value is -7.67. The minimum Gasteiger partial charge on any atom is -0.480 e. The number of carboxylic acids is 1. The van der Waals surface area contributed by atoms with Crippen molar-refractivity contribution >= 4 is 71.1 Å². The van der Waals surface area contributed by atoms with Gasteiger partial charge in [0.15, 0.2) is 11.9 Å². The number of rotatable bonds is 35. The number of hydrogen-bond donors (Lipinski definition) is 18. The molecule has 0 spiro atoms. The van der Waals surface area contributed by atoms with Gasteiger partial charge in [0.2, 0.25) is 53.2 Å². The van der Waals surface area contributed by atoms with Crippen LogP contribution in [0.25, 0.3) is 0 Å². The van der Waals surface area contributed by atoms with E-state index in [1.165, 1.54) is 19.4 Å². The van der Waals surface area contributed by atoms with E-state index in [2.05, 4.69) is 57.2 Å². The molecule has 1 aromatic rings. The second kappa shape index (κ2) is 32.2. The monoisotopic (exact) mass is 1010 g/mol. The van der Waals surface area contributed by atoms with Gasteiger partial charge in [0.25, 0.3) is 0 Å². The molecule has 0 aliphatic rings. The predicted molar refractivity (Wildman–Crippen MR) is 254 cm³/mol. The Morgan fingerprint density at radius 1 is 0.606 bits per heavy atom. The summed E-state index contributed by atoms with van der Waals surface area (Å²) in [5.41, 5.74) is 44.0. The van der Waals surface area contributed by atoms with Gasteiger partial charge in [-0.1, -0.05) is 0 Å². The normalized spacial score (nSPS) is 14.7. The SMILES string of the molecule is C[C@H](NC(=O)[C@H](CC(N)=O)NC(=O)[C@@H](N)CCC(N)=O)C(=O)N[C@H](C(=O)N[C@@H](CCCN=C(N)N)C(=O)N[C@@H](CCCCN)C(=O)N[C@@H](CCCN=C(N)N)C(=O)N[C@@H](Cc1cnc[nH]1)C(=O)O)[C@@H](C)O. The zero-order valence-electron chi connectivity index (χ0n) is 39.7. The number of unbranched alkanes of at least 4 members (excludes halogenated alkanes) is 1. The maximum atomic E-state index is 14.1. The molecular weight excluding hydrogens is 939 g/mol. The van der Waals surface area contributed by atoms with E-state index in [4.69, 9.17) is 45.9 Å². The van der Waals surface area contributed by atoms with Gasteiger partial charge in [0.05, 0.1) is 24.9 Å². The molecule has 0 fully saturated rings. The maximum absolute atomic E-state index is 14.1. The van der Waals surface area contributed by atoms with Crippen LogP contribution in [0.2, 0.25) is 0 Å². The molecule has 31 nitrogen and oxygen atoms in total. The molecule has 0 saturated carbocycles. The van der Waals surface area contributed by atoms with Crippen LogP contribution in [0.15, 0.2) is 22.5 Å². The summed E-state index contributed by atoms with van der Waals surface area (Å²) in [5.74, 6) is -10.5. The van der Waals surface area contributed by atoms with Crippen LogP contribution in [0.1, 0.15) is 83.7 Å². The van der Waals surface area contributed by atoms with Crippen LogP contribution >= 0.6 is 0 Å². The van der Waals surface area contributed by atoms with Crippen molar-refractivity contribution in [3.8, 4) is 0 Å². The van der Waals surface area contributed by atoms with Gasteiger partial charge in [0, 0.05) is 37.8 Å². The summed E-state index contributed by atoms with van der Waals surface area (Å²) >= 11 is 0. The Balaban J connectivity index is 3.40. The summed E-state index contributed by atoms with van der Waals surface area (Å²) in [6.45, 7) is 2.53. The number of aromatic amines is 1. The van der Waals surface area contributed by atoms with Gasteiger partial charge < -0.3 is 98.3 Å². The molecular formula is C40H71N19O12.